The second-order valence-corrected chi connectivity index (χ2v) is 6.46. The normalized spacial score (nSPS) is 10.9. The lowest BCUT2D eigenvalue weighted by molar-refractivity contribution is -0.120. The van der Waals surface area contributed by atoms with Crippen molar-refractivity contribution in [3.63, 3.8) is 0 Å². The van der Waals surface area contributed by atoms with Crippen LogP contribution in [-0.2, 0) is 20.7 Å². The van der Waals surface area contributed by atoms with Gasteiger partial charge in [-0.2, -0.15) is 5.10 Å². The largest absolute Gasteiger partial charge is 0.382 e. The van der Waals surface area contributed by atoms with Crippen molar-refractivity contribution in [1.82, 2.24) is 15.1 Å². The first-order valence-electron chi connectivity index (χ1n) is 8.67. The highest BCUT2D eigenvalue weighted by atomic mass is 35.5. The van der Waals surface area contributed by atoms with Crippen LogP contribution in [0, 0.1) is 13.8 Å². The fourth-order valence-electron chi connectivity index (χ4n) is 2.63. The molecule has 0 bridgehead atoms. The monoisotopic (exact) mass is 379 g/mol. The van der Waals surface area contributed by atoms with Crippen LogP contribution in [0.15, 0.2) is 24.3 Å². The summed E-state index contributed by atoms with van der Waals surface area (Å²) in [6, 6.07) is 7.48. The van der Waals surface area contributed by atoms with Crippen molar-refractivity contribution in [2.45, 2.75) is 26.7 Å². The lowest BCUT2D eigenvalue weighted by Gasteiger charge is -2.07. The summed E-state index contributed by atoms with van der Waals surface area (Å²) in [5, 5.41) is 8.17. The highest BCUT2D eigenvalue weighted by molar-refractivity contribution is 6.30. The first kappa shape index (κ1) is 20.4. The number of halogens is 1. The third-order valence-electron chi connectivity index (χ3n) is 4.07. The molecular formula is C19H26ClN3O3. The third kappa shape index (κ3) is 5.83. The highest BCUT2D eigenvalue weighted by Gasteiger charge is 2.15. The summed E-state index contributed by atoms with van der Waals surface area (Å²) in [6.45, 7) is 6.26. The molecule has 6 nitrogen and oxygen atoms in total. The fraction of sp³-hybridized carbons (Fsp3) is 0.474. The maximum atomic E-state index is 12.2. The van der Waals surface area contributed by atoms with Gasteiger partial charge >= 0.3 is 0 Å². The number of methoxy groups -OCH3 is 1. The molecule has 0 aliphatic heterocycles. The second-order valence-electron chi connectivity index (χ2n) is 6.02. The Balaban J connectivity index is 1.87. The topological polar surface area (TPSA) is 65.4 Å². The Kier molecular flexibility index (Phi) is 8.09. The highest BCUT2D eigenvalue weighted by Crippen LogP contribution is 2.20. The van der Waals surface area contributed by atoms with Crippen LogP contribution in [-0.4, -0.2) is 49.2 Å². The molecule has 7 heteroatoms. The van der Waals surface area contributed by atoms with Gasteiger partial charge in [0.2, 0.25) is 5.91 Å². The number of hydrogen-bond donors (Lipinski definition) is 1. The molecule has 1 heterocycles. The minimum atomic E-state index is -0.0104. The smallest absolute Gasteiger partial charge is 0.224 e. The van der Waals surface area contributed by atoms with E-state index < -0.39 is 0 Å². The molecule has 0 unspecified atom stereocenters. The van der Waals surface area contributed by atoms with Gasteiger partial charge in [0.05, 0.1) is 31.0 Å². The van der Waals surface area contributed by atoms with Crippen LogP contribution in [0.4, 0.5) is 0 Å². The first-order valence-corrected chi connectivity index (χ1v) is 9.05. The molecule has 0 saturated carbocycles. The molecule has 1 N–H and O–H groups in total. The number of nitrogens with one attached hydrogen (secondary N) is 1. The minimum Gasteiger partial charge on any atom is -0.382 e. The Bertz CT molecular complexity index is 714. The van der Waals surface area contributed by atoms with Crippen LogP contribution in [0.25, 0.3) is 5.69 Å². The quantitative estimate of drug-likeness (QED) is 0.645. The third-order valence-corrected chi connectivity index (χ3v) is 4.32. The van der Waals surface area contributed by atoms with Gasteiger partial charge in [0.1, 0.15) is 0 Å². The van der Waals surface area contributed by atoms with Gasteiger partial charge in [-0.15, -0.1) is 0 Å². The number of rotatable bonds is 10. The molecule has 0 aliphatic carbocycles. The van der Waals surface area contributed by atoms with E-state index in [0.717, 1.165) is 29.1 Å². The van der Waals surface area contributed by atoms with Crippen LogP contribution in [0.1, 0.15) is 23.4 Å². The maximum absolute atomic E-state index is 12.2. The number of carbonyl (C=O) groups is 1. The van der Waals surface area contributed by atoms with Gasteiger partial charge < -0.3 is 14.8 Å². The Morgan fingerprint density at radius 1 is 1.19 bits per heavy atom. The minimum absolute atomic E-state index is 0.0104. The van der Waals surface area contributed by atoms with E-state index in [2.05, 4.69) is 10.4 Å². The summed E-state index contributed by atoms with van der Waals surface area (Å²) in [6.07, 6.45) is 1.09. The zero-order valence-electron chi connectivity index (χ0n) is 15.5. The average molecular weight is 380 g/mol. The molecule has 2 rings (SSSR count). The fourth-order valence-corrected chi connectivity index (χ4v) is 2.76. The zero-order chi connectivity index (χ0) is 18.9. The number of benzene rings is 1. The molecule has 0 saturated heterocycles. The van der Waals surface area contributed by atoms with E-state index in [9.17, 15) is 4.79 Å². The number of hydrogen-bond acceptors (Lipinski definition) is 4. The summed E-state index contributed by atoms with van der Waals surface area (Å²) in [4.78, 5) is 12.2. The molecule has 0 fully saturated rings. The van der Waals surface area contributed by atoms with Crippen molar-refractivity contribution in [3.8, 4) is 5.69 Å². The van der Waals surface area contributed by atoms with E-state index in [0.29, 0.717) is 37.8 Å². The molecule has 0 atom stereocenters. The number of amides is 1. The molecule has 2 aromatic rings. The zero-order valence-corrected chi connectivity index (χ0v) is 16.3. The Labute approximate surface area is 159 Å². The standard InChI is InChI=1S/C19H26ClN3O3/c1-14-18(13-19(24)21-9-4-10-26-12-11-25-3)15(2)23(22-14)17-7-5-16(20)6-8-17/h5-8H,4,9-13H2,1-3H3,(H,21,24). The van der Waals surface area contributed by atoms with E-state index in [4.69, 9.17) is 21.1 Å². The number of carbonyl (C=O) groups excluding carboxylic acids is 1. The van der Waals surface area contributed by atoms with Crippen molar-refractivity contribution in [1.29, 1.82) is 0 Å². The number of nitrogens with zero attached hydrogens (tertiary/aromatic N) is 2. The number of ether oxygens (including phenoxy) is 2. The molecule has 142 valence electrons. The predicted octanol–water partition coefficient (Wildman–Crippen LogP) is 2.85. The number of aryl methyl sites for hydroxylation is 1. The Morgan fingerprint density at radius 3 is 2.62 bits per heavy atom. The van der Waals surface area contributed by atoms with E-state index in [1.165, 1.54) is 0 Å². The van der Waals surface area contributed by atoms with E-state index in [-0.39, 0.29) is 5.91 Å². The molecule has 0 spiro atoms. The van der Waals surface area contributed by atoms with E-state index >= 15 is 0 Å². The summed E-state index contributed by atoms with van der Waals surface area (Å²) in [5.41, 5.74) is 3.70. The van der Waals surface area contributed by atoms with E-state index in [1.54, 1.807) is 7.11 Å². The van der Waals surface area contributed by atoms with Crippen LogP contribution < -0.4 is 5.32 Å². The summed E-state index contributed by atoms with van der Waals surface area (Å²) in [7, 11) is 1.64. The molecule has 1 aromatic heterocycles. The van der Waals surface area contributed by atoms with E-state index in [1.807, 2.05) is 42.8 Å². The summed E-state index contributed by atoms with van der Waals surface area (Å²) < 4.78 is 12.1. The van der Waals surface area contributed by atoms with Crippen LogP contribution in [0.2, 0.25) is 5.02 Å². The van der Waals surface area contributed by atoms with Crippen molar-refractivity contribution in [2.24, 2.45) is 0 Å². The summed E-state index contributed by atoms with van der Waals surface area (Å²) in [5.74, 6) is -0.0104. The molecule has 26 heavy (non-hydrogen) atoms. The van der Waals surface area contributed by atoms with Gasteiger partial charge in [0.25, 0.3) is 0 Å². The van der Waals surface area contributed by atoms with Crippen molar-refractivity contribution < 1.29 is 14.3 Å². The first-order chi connectivity index (χ1) is 12.5. The maximum Gasteiger partial charge on any atom is 0.224 e. The molecule has 1 aromatic carbocycles. The Morgan fingerprint density at radius 2 is 1.92 bits per heavy atom. The van der Waals surface area contributed by atoms with Gasteiger partial charge in [-0.05, 0) is 44.5 Å². The van der Waals surface area contributed by atoms with Crippen LogP contribution in [0.3, 0.4) is 0 Å². The lowest BCUT2D eigenvalue weighted by Crippen LogP contribution is -2.27. The van der Waals surface area contributed by atoms with Gasteiger partial charge in [-0.3, -0.25) is 4.79 Å². The molecule has 0 radical (unpaired) electrons. The van der Waals surface area contributed by atoms with Crippen molar-refractivity contribution in [3.05, 3.63) is 46.2 Å². The Hall–Kier alpha value is -1.89. The van der Waals surface area contributed by atoms with Gasteiger partial charge in [0, 0.05) is 36.5 Å². The molecular weight excluding hydrogens is 354 g/mol. The molecule has 1 amide bonds. The number of aromatic nitrogens is 2. The molecule has 0 aliphatic rings. The van der Waals surface area contributed by atoms with Crippen LogP contribution in [0.5, 0.6) is 0 Å². The van der Waals surface area contributed by atoms with Crippen LogP contribution >= 0.6 is 11.6 Å². The van der Waals surface area contributed by atoms with Gasteiger partial charge in [-0.25, -0.2) is 4.68 Å². The SMILES string of the molecule is COCCOCCCNC(=O)Cc1c(C)nn(-c2ccc(Cl)cc2)c1C. The van der Waals surface area contributed by atoms with Crippen molar-refractivity contribution >= 4 is 17.5 Å². The van der Waals surface area contributed by atoms with Gasteiger partial charge in [-0.1, -0.05) is 11.6 Å². The summed E-state index contributed by atoms with van der Waals surface area (Å²) >= 11 is 5.94. The predicted molar refractivity (Wildman–Crippen MR) is 102 cm³/mol. The lowest BCUT2D eigenvalue weighted by atomic mass is 10.1. The average Bonchev–Trinajstić information content (AvgIpc) is 2.90. The second kappa shape index (κ2) is 10.3. The van der Waals surface area contributed by atoms with Crippen molar-refractivity contribution in [2.75, 3.05) is 33.5 Å². The van der Waals surface area contributed by atoms with Gasteiger partial charge in [0.15, 0.2) is 0 Å².